The molecule has 7 aliphatic rings. The van der Waals surface area contributed by atoms with Crippen LogP contribution in [0.1, 0.15) is 101 Å². The quantitative estimate of drug-likeness (QED) is 0.0402. The molecule has 1 atom stereocenters. The van der Waals surface area contributed by atoms with Crippen molar-refractivity contribution in [3.63, 3.8) is 0 Å². The standard InChI is InChI=1S/C24H32N2O4.C12H17NO2.3C11H15NO2.C10H13NO2/c1-24(2,21-5-7-23-19(13-21)15-26(9-11-28)17-30-23)20-4-6-22-18(12-20)14-25(16-29-22)8-3-10-27;1-10-3-4-12-11(7-10)8-13(9-15-12)5-2-6-14;1-9-2-3-11-10(6-9)7-12(4-5-13)8-14-11;1-9(7-13)12-6-10-4-2-3-5-11(10)14-8-12;13-7-3-6-12-8-10-4-1-2-5-11(10)14-9-12;12-6-5-11-7-9-3-1-2-4-10(9)13-8-11/h4-7,12-13,27-28H,3,8-11,14-17H2,1-2H3;3-4,7,14H,2,5-6,8-9H2,1H3;2-3,6,13H,4-5,7-8H2,1H3;2-5,9,13H,6-8H2,1H3;1-2,4-5,13H,3,6-9H2;1-4,12H,5-8H2. The van der Waals surface area contributed by atoms with Gasteiger partial charge in [-0.2, -0.15) is 0 Å². The maximum absolute atomic E-state index is 9.24. The minimum atomic E-state index is -0.170. The largest absolute Gasteiger partial charge is 0.478 e. The number of fused-ring (bicyclic) bond motifs is 7. The van der Waals surface area contributed by atoms with Crippen LogP contribution in [-0.4, -0.2) is 209 Å². The molecule has 0 amide bonds. The number of hydrogen-bond donors (Lipinski definition) is 7. The van der Waals surface area contributed by atoms with Gasteiger partial charge in [-0.15, -0.1) is 0 Å². The first kappa shape index (κ1) is 76.8. The van der Waals surface area contributed by atoms with Crippen LogP contribution in [0.3, 0.4) is 0 Å². The van der Waals surface area contributed by atoms with E-state index in [2.05, 4.69) is 141 Å². The maximum Gasteiger partial charge on any atom is 0.142 e. The summed E-state index contributed by atoms with van der Waals surface area (Å²) in [4.78, 5) is 15.0. The molecule has 7 aromatic carbocycles. The van der Waals surface area contributed by atoms with E-state index in [-0.39, 0.29) is 57.7 Å². The predicted octanol–water partition coefficient (Wildman–Crippen LogP) is 8.63. The molecule has 0 aromatic heterocycles. The van der Waals surface area contributed by atoms with Crippen molar-refractivity contribution in [3.05, 3.63) is 207 Å². The highest BCUT2D eigenvalue weighted by Crippen LogP contribution is 2.39. The summed E-state index contributed by atoms with van der Waals surface area (Å²) in [7, 11) is 0. The SMILES string of the molecule is CC(C)(c1ccc2c(c1)CN(CCO)CO2)c1ccc2c(c1)CN(CCCO)CO2.CC(CO)N1COc2ccccc2C1.Cc1ccc2c(c1)CN(CCCO)CO2.Cc1ccc2c(c1)CN(CCO)CO2.OCCCN1COc2ccccc2C1.OCCN1COc2ccccc2C1. The van der Waals surface area contributed by atoms with E-state index in [1.807, 2.05) is 73.7 Å². The molecule has 7 aliphatic heterocycles. The van der Waals surface area contributed by atoms with Crippen molar-refractivity contribution < 1.29 is 68.9 Å². The lowest BCUT2D eigenvalue weighted by Gasteiger charge is -2.33. The summed E-state index contributed by atoms with van der Waals surface area (Å²) < 4.78 is 39.6. The second-order valence-electron chi connectivity index (χ2n) is 26.7. The molecule has 21 nitrogen and oxygen atoms in total. The lowest BCUT2D eigenvalue weighted by molar-refractivity contribution is 0.0375. The van der Waals surface area contributed by atoms with E-state index in [1.165, 1.54) is 55.6 Å². The van der Waals surface area contributed by atoms with Gasteiger partial charge in [0.25, 0.3) is 0 Å². The lowest BCUT2D eigenvalue weighted by Crippen LogP contribution is -2.40. The molecule has 0 radical (unpaired) electrons. The van der Waals surface area contributed by atoms with Crippen LogP contribution in [0.25, 0.3) is 0 Å². The van der Waals surface area contributed by atoms with Crippen molar-refractivity contribution in [2.24, 2.45) is 0 Å². The van der Waals surface area contributed by atoms with Crippen molar-refractivity contribution in [2.45, 2.75) is 111 Å². The number of rotatable bonds is 19. The Hall–Kier alpha value is -7.42. The number of nitrogens with zero attached hydrogens (tertiary/aromatic N) is 7. The van der Waals surface area contributed by atoms with E-state index in [9.17, 15) is 5.11 Å². The fourth-order valence-corrected chi connectivity index (χ4v) is 12.6. The van der Waals surface area contributed by atoms with Crippen LogP contribution >= 0.6 is 0 Å². The Bertz CT molecular complexity index is 3600. The molecular weight excluding hydrogens is 1270 g/mol. The molecule has 7 aromatic rings. The third-order valence-corrected chi connectivity index (χ3v) is 18.5. The Morgan fingerprint density at radius 2 is 0.600 bits per heavy atom. The van der Waals surface area contributed by atoms with E-state index in [4.69, 9.17) is 63.8 Å². The Labute approximate surface area is 591 Å². The van der Waals surface area contributed by atoms with E-state index < -0.39 is 0 Å². The molecule has 0 aliphatic carbocycles. The van der Waals surface area contributed by atoms with Crippen molar-refractivity contribution >= 4 is 0 Å². The van der Waals surface area contributed by atoms with Gasteiger partial charge in [0, 0.05) is 155 Å². The van der Waals surface area contributed by atoms with Gasteiger partial charge in [0.1, 0.15) is 87.4 Å². The van der Waals surface area contributed by atoms with Gasteiger partial charge in [0.2, 0.25) is 0 Å². The summed E-state index contributed by atoms with van der Waals surface area (Å²) >= 11 is 0. The monoisotopic (exact) mass is 1380 g/mol. The summed E-state index contributed by atoms with van der Waals surface area (Å²) in [6.45, 7) is 26.8. The van der Waals surface area contributed by atoms with Crippen molar-refractivity contribution in [1.29, 1.82) is 0 Å². The number of aryl methyl sites for hydroxylation is 2. The molecular formula is C79H107N7O14. The summed E-state index contributed by atoms with van der Waals surface area (Å²) in [5.41, 5.74) is 13.3. The Balaban J connectivity index is 0.000000145. The van der Waals surface area contributed by atoms with Crippen molar-refractivity contribution in [2.75, 3.05) is 133 Å². The maximum atomic E-state index is 9.24. The van der Waals surface area contributed by atoms with Crippen LogP contribution in [0.2, 0.25) is 0 Å². The van der Waals surface area contributed by atoms with E-state index in [0.29, 0.717) is 66.7 Å². The van der Waals surface area contributed by atoms with Crippen molar-refractivity contribution in [1.82, 2.24) is 34.3 Å². The zero-order chi connectivity index (χ0) is 70.6. The van der Waals surface area contributed by atoms with Gasteiger partial charge in [-0.25, -0.2) is 0 Å². The molecule has 0 saturated carbocycles. The Kier molecular flexibility index (Phi) is 30.5. The summed E-state index contributed by atoms with van der Waals surface area (Å²) in [5, 5.41) is 62.5. The molecule has 14 rings (SSSR count). The fourth-order valence-electron chi connectivity index (χ4n) is 12.6. The van der Waals surface area contributed by atoms with E-state index in [0.717, 1.165) is 131 Å². The van der Waals surface area contributed by atoms with E-state index in [1.54, 1.807) is 0 Å². The molecule has 0 bridgehead atoms. The molecule has 100 heavy (non-hydrogen) atoms. The summed E-state index contributed by atoms with van der Waals surface area (Å²) in [6.07, 6.45) is 2.38. The van der Waals surface area contributed by atoms with Gasteiger partial charge < -0.3 is 68.9 Å². The smallest absolute Gasteiger partial charge is 0.142 e. The molecule has 542 valence electrons. The van der Waals surface area contributed by atoms with Gasteiger partial charge in [-0.05, 0) is 106 Å². The van der Waals surface area contributed by atoms with E-state index >= 15 is 0 Å². The van der Waals surface area contributed by atoms with Gasteiger partial charge in [-0.3, -0.25) is 34.3 Å². The van der Waals surface area contributed by atoms with Gasteiger partial charge in [0.15, 0.2) is 0 Å². The topological polar surface area (TPSA) is 229 Å². The third-order valence-electron chi connectivity index (χ3n) is 18.5. The second kappa shape index (κ2) is 39.7. The average Bonchev–Trinajstić information content (AvgIpc) is 0.755. The van der Waals surface area contributed by atoms with Crippen LogP contribution in [-0.2, 0) is 51.2 Å². The highest BCUT2D eigenvalue weighted by atomic mass is 16.5. The fraction of sp³-hybridized carbons (Fsp3) is 0.468. The normalized spacial score (nSPS) is 16.7. The molecule has 0 spiro atoms. The van der Waals surface area contributed by atoms with Crippen LogP contribution in [0.5, 0.6) is 40.2 Å². The molecule has 0 fully saturated rings. The first-order valence-corrected chi connectivity index (χ1v) is 35.1. The second-order valence-corrected chi connectivity index (χ2v) is 26.7. The van der Waals surface area contributed by atoms with Crippen molar-refractivity contribution in [3.8, 4) is 40.2 Å². The highest BCUT2D eigenvalue weighted by molar-refractivity contribution is 5.49. The lowest BCUT2D eigenvalue weighted by atomic mass is 9.77. The zero-order valence-electron chi connectivity index (χ0n) is 59.3. The number of aliphatic hydroxyl groups excluding tert-OH is 7. The first-order valence-electron chi connectivity index (χ1n) is 35.1. The first-order chi connectivity index (χ1) is 48.7. The predicted molar refractivity (Wildman–Crippen MR) is 386 cm³/mol. The number of β-amino-alcohol motifs (C(OH)–C–C–N with tert-alkyl or cyclic N) is 3. The minimum absolute atomic E-state index is 0.135. The Morgan fingerprint density at radius 3 is 0.930 bits per heavy atom. The van der Waals surface area contributed by atoms with Crippen LogP contribution < -0.4 is 33.2 Å². The summed E-state index contributed by atoms with van der Waals surface area (Å²) in [6, 6.07) is 49.7. The van der Waals surface area contributed by atoms with Gasteiger partial charge in [0.05, 0.1) is 26.4 Å². The Morgan fingerprint density at radius 1 is 0.320 bits per heavy atom. The molecule has 7 N–H and O–H groups in total. The van der Waals surface area contributed by atoms with Gasteiger partial charge in [-0.1, -0.05) is 116 Å². The van der Waals surface area contributed by atoms with Gasteiger partial charge >= 0.3 is 0 Å². The number of benzene rings is 7. The average molecular weight is 1380 g/mol. The molecule has 21 heteroatoms. The third kappa shape index (κ3) is 22.5. The zero-order valence-corrected chi connectivity index (χ0v) is 59.3. The highest BCUT2D eigenvalue weighted by Gasteiger charge is 2.29. The van der Waals surface area contributed by atoms with Crippen LogP contribution in [0.15, 0.2) is 146 Å². The molecule has 7 heterocycles. The van der Waals surface area contributed by atoms with Crippen LogP contribution in [0.4, 0.5) is 0 Å². The van der Waals surface area contributed by atoms with Crippen LogP contribution in [0, 0.1) is 13.8 Å². The number of aliphatic hydroxyl groups is 7. The number of hydrogen-bond acceptors (Lipinski definition) is 21. The minimum Gasteiger partial charge on any atom is -0.478 e. The number of ether oxygens (including phenoxy) is 7. The molecule has 0 saturated heterocycles. The number of para-hydroxylation sites is 3. The molecule has 1 unspecified atom stereocenters. The summed E-state index contributed by atoms with van der Waals surface area (Å²) in [5.74, 6) is 6.79.